The number of benzene rings is 2. The van der Waals surface area contributed by atoms with E-state index in [0.717, 1.165) is 82.0 Å². The van der Waals surface area contributed by atoms with E-state index in [9.17, 15) is 14.4 Å². The van der Waals surface area contributed by atoms with Gasteiger partial charge in [-0.15, -0.1) is 0 Å². The molecule has 16 heteroatoms. The Morgan fingerprint density at radius 1 is 0.964 bits per heavy atom. The Morgan fingerprint density at radius 3 is 2.38 bits per heavy atom. The van der Waals surface area contributed by atoms with Crippen LogP contribution < -0.4 is 36.2 Å². The monoisotopic (exact) mass is 758 g/mol. The van der Waals surface area contributed by atoms with E-state index in [2.05, 4.69) is 35.6 Å². The molecule has 55 heavy (non-hydrogen) atoms. The van der Waals surface area contributed by atoms with Crippen LogP contribution in [0.5, 0.6) is 5.75 Å². The van der Waals surface area contributed by atoms with Crippen LogP contribution in [0, 0.1) is 5.82 Å². The van der Waals surface area contributed by atoms with Crippen LogP contribution in [0.4, 0.5) is 37.9 Å². The molecule has 0 radical (unpaired) electrons. The molecule has 4 amide bonds. The number of hydrogen-bond donors (Lipinski definition) is 4. The highest BCUT2D eigenvalue weighted by atomic mass is 19.1. The van der Waals surface area contributed by atoms with Crippen molar-refractivity contribution in [2.45, 2.75) is 64.1 Å². The fourth-order valence-corrected chi connectivity index (χ4v) is 7.96. The third-order valence-electron chi connectivity index (χ3n) is 11.0. The van der Waals surface area contributed by atoms with Crippen molar-refractivity contribution in [3.63, 3.8) is 0 Å². The zero-order valence-corrected chi connectivity index (χ0v) is 31.6. The summed E-state index contributed by atoms with van der Waals surface area (Å²) >= 11 is 0. The average Bonchev–Trinajstić information content (AvgIpc) is 3.19. The molecule has 0 saturated carbocycles. The van der Waals surface area contributed by atoms with Crippen molar-refractivity contribution in [2.24, 2.45) is 5.73 Å². The van der Waals surface area contributed by atoms with E-state index >= 15 is 4.39 Å². The van der Waals surface area contributed by atoms with Crippen molar-refractivity contribution >= 4 is 46.5 Å². The summed E-state index contributed by atoms with van der Waals surface area (Å²) in [6.45, 7) is 9.60. The van der Waals surface area contributed by atoms with Crippen molar-refractivity contribution in [2.75, 3.05) is 86.6 Å². The number of imide groups is 1. The molecule has 0 aliphatic carbocycles. The lowest BCUT2D eigenvalue weighted by Crippen LogP contribution is -2.53. The molecular weight excluding hydrogens is 707 g/mol. The molecule has 1 aromatic heterocycles. The van der Waals surface area contributed by atoms with Crippen molar-refractivity contribution in [1.82, 2.24) is 25.1 Å². The lowest BCUT2D eigenvalue weighted by Gasteiger charge is -2.43. The van der Waals surface area contributed by atoms with Crippen molar-refractivity contribution < 1.29 is 28.2 Å². The second-order valence-corrected chi connectivity index (χ2v) is 14.5. The Morgan fingerprint density at radius 2 is 1.71 bits per heavy atom. The van der Waals surface area contributed by atoms with Gasteiger partial charge in [0.15, 0.2) is 17.3 Å². The highest BCUT2D eigenvalue weighted by Crippen LogP contribution is 2.35. The number of nitrogens with two attached hydrogens (primary N) is 1. The van der Waals surface area contributed by atoms with Crippen LogP contribution in [-0.2, 0) is 22.5 Å². The summed E-state index contributed by atoms with van der Waals surface area (Å²) in [4.78, 5) is 54.1. The minimum absolute atomic E-state index is 0.0910. The van der Waals surface area contributed by atoms with Crippen LogP contribution >= 0.6 is 0 Å². The van der Waals surface area contributed by atoms with E-state index in [1.165, 1.54) is 11.0 Å². The van der Waals surface area contributed by atoms with Gasteiger partial charge in [-0.1, -0.05) is 13.0 Å². The molecule has 3 aromatic rings. The number of primary amides is 1. The molecule has 294 valence electrons. The summed E-state index contributed by atoms with van der Waals surface area (Å²) in [5.74, 6) is 0.197. The molecule has 4 fully saturated rings. The lowest BCUT2D eigenvalue weighted by molar-refractivity contribution is -0.120. The molecule has 4 aliphatic heterocycles. The quantitative estimate of drug-likeness (QED) is 0.211. The smallest absolute Gasteiger partial charge is 0.328 e. The average molecular weight is 759 g/mol. The summed E-state index contributed by atoms with van der Waals surface area (Å²) in [6, 6.07) is 11.0. The van der Waals surface area contributed by atoms with Crippen molar-refractivity contribution in [3.05, 3.63) is 59.2 Å². The third kappa shape index (κ3) is 8.92. The third-order valence-corrected chi connectivity index (χ3v) is 11.0. The minimum atomic E-state index is -0.651. The minimum Gasteiger partial charge on any atom is -0.495 e. The fraction of sp³-hybridized carbons (Fsp3) is 0.513. The first-order valence-electron chi connectivity index (χ1n) is 19.3. The molecule has 0 bridgehead atoms. The first-order valence-corrected chi connectivity index (χ1v) is 19.3. The van der Waals surface area contributed by atoms with Crippen LogP contribution in [0.1, 0.15) is 60.8 Å². The van der Waals surface area contributed by atoms with E-state index in [0.29, 0.717) is 55.2 Å². The lowest BCUT2D eigenvalue weighted by atomic mass is 10.0. The van der Waals surface area contributed by atoms with Crippen LogP contribution in [0.15, 0.2) is 36.4 Å². The number of halogens is 1. The van der Waals surface area contributed by atoms with E-state index in [4.69, 9.17) is 20.2 Å². The summed E-state index contributed by atoms with van der Waals surface area (Å²) in [5.41, 5.74) is 9.30. The Labute approximate surface area is 320 Å². The number of nitrogens with zero attached hydrogens (tertiary/aromatic N) is 6. The standard InChI is InChI=1S/C39H51FN10O5/c1-3-30-37(42-26-11-20-55-21-12-26)46-38(35(44-30)36(41)52)43-27-5-7-32(33(23-27)54-2)49-13-8-28(9-14-49)48-18-16-47(17-19-48)24-25-4-6-31(29(40)22-25)50-15-10-34(51)45-39(50)53/h4-7,22-23,26,28H,3,8-21,24H2,1-2H3,(H2,41,52)(H2,42,43,46)(H,45,51,53). The normalized spacial score (nSPS) is 19.3. The number of hydrogen-bond acceptors (Lipinski definition) is 12. The maximum Gasteiger partial charge on any atom is 0.328 e. The maximum absolute atomic E-state index is 15.0. The molecule has 7 rings (SSSR count). The van der Waals surface area contributed by atoms with Gasteiger partial charge in [-0.2, -0.15) is 0 Å². The molecule has 15 nitrogen and oxygen atoms in total. The molecule has 4 aliphatic rings. The number of urea groups is 1. The van der Waals surface area contributed by atoms with E-state index < -0.39 is 17.8 Å². The zero-order valence-electron chi connectivity index (χ0n) is 31.6. The Kier molecular flexibility index (Phi) is 11.9. The summed E-state index contributed by atoms with van der Waals surface area (Å²) in [5, 5.41) is 9.04. The fourth-order valence-electron chi connectivity index (χ4n) is 7.96. The molecule has 5 heterocycles. The number of carbonyl (C=O) groups is 3. The molecule has 0 unspecified atom stereocenters. The van der Waals surface area contributed by atoms with Gasteiger partial charge in [-0.25, -0.2) is 19.2 Å². The Bertz CT molecular complexity index is 1880. The highest BCUT2D eigenvalue weighted by Gasteiger charge is 2.30. The summed E-state index contributed by atoms with van der Waals surface area (Å²) < 4.78 is 26.4. The van der Waals surface area contributed by atoms with Gasteiger partial charge in [0.2, 0.25) is 5.91 Å². The number of aryl methyl sites for hydroxylation is 1. The van der Waals surface area contributed by atoms with Gasteiger partial charge < -0.3 is 30.7 Å². The van der Waals surface area contributed by atoms with Gasteiger partial charge >= 0.3 is 6.03 Å². The number of piperidine rings is 1. The Hall–Kier alpha value is -5.06. The first-order chi connectivity index (χ1) is 26.7. The van der Waals surface area contributed by atoms with Gasteiger partial charge in [0.1, 0.15) is 11.6 Å². The van der Waals surface area contributed by atoms with Crippen molar-refractivity contribution in [1.29, 1.82) is 0 Å². The number of aromatic nitrogens is 2. The number of methoxy groups -OCH3 is 1. The number of ether oxygens (including phenoxy) is 2. The number of piperazine rings is 1. The second-order valence-electron chi connectivity index (χ2n) is 14.5. The topological polar surface area (TPSA) is 171 Å². The predicted molar refractivity (Wildman–Crippen MR) is 208 cm³/mol. The maximum atomic E-state index is 15.0. The molecule has 4 saturated heterocycles. The van der Waals surface area contributed by atoms with Gasteiger partial charge in [0.05, 0.1) is 24.2 Å². The predicted octanol–water partition coefficient (Wildman–Crippen LogP) is 3.85. The SMILES string of the molecule is CCc1nc(C(N)=O)c(Nc2ccc(N3CCC(N4CCN(Cc5ccc(N6CCC(=O)NC6=O)c(F)c5)CC4)CC3)c(OC)c2)nc1NC1CCOCC1. The highest BCUT2D eigenvalue weighted by molar-refractivity contribution is 6.05. The van der Waals surface area contributed by atoms with E-state index in [1.807, 2.05) is 31.2 Å². The zero-order chi connectivity index (χ0) is 38.5. The number of anilines is 5. The summed E-state index contributed by atoms with van der Waals surface area (Å²) in [6.07, 6.45) is 4.53. The van der Waals surface area contributed by atoms with Gasteiger partial charge in [-0.05, 0) is 61.9 Å². The van der Waals surface area contributed by atoms with Crippen LogP contribution in [-0.4, -0.2) is 116 Å². The Balaban J connectivity index is 0.927. The summed E-state index contributed by atoms with van der Waals surface area (Å²) in [7, 11) is 1.66. The van der Waals surface area contributed by atoms with Crippen LogP contribution in [0.3, 0.4) is 0 Å². The second kappa shape index (κ2) is 17.2. The van der Waals surface area contributed by atoms with Crippen LogP contribution in [0.2, 0.25) is 0 Å². The first kappa shape index (κ1) is 38.2. The van der Waals surface area contributed by atoms with Gasteiger partial charge in [0.25, 0.3) is 5.91 Å². The number of carbonyl (C=O) groups excluding carboxylic acids is 3. The molecule has 0 spiro atoms. The van der Waals surface area contributed by atoms with Crippen molar-refractivity contribution in [3.8, 4) is 5.75 Å². The largest absolute Gasteiger partial charge is 0.495 e. The molecule has 2 aromatic carbocycles. The van der Waals surface area contributed by atoms with Crippen LogP contribution in [0.25, 0.3) is 0 Å². The van der Waals surface area contributed by atoms with Gasteiger partial charge in [-0.3, -0.25) is 29.6 Å². The van der Waals surface area contributed by atoms with E-state index in [1.54, 1.807) is 13.2 Å². The molecular formula is C39H51FN10O5. The molecule has 0 atom stereocenters. The number of amides is 4. The van der Waals surface area contributed by atoms with E-state index in [-0.39, 0.29) is 36.3 Å². The number of nitrogens with one attached hydrogen (secondary N) is 3. The number of rotatable bonds is 12. The van der Waals surface area contributed by atoms with Gasteiger partial charge in [0, 0.05) is 95.8 Å². The molecule has 5 N–H and O–H groups in total.